The number of rotatable bonds is 4. The number of carbonyl (C=O) groups is 1. The molecule has 1 aliphatic heterocycles. The van der Waals surface area contributed by atoms with Crippen LogP contribution in [0.1, 0.15) is 12.0 Å². The maximum absolute atomic E-state index is 14.1. The number of carbonyl (C=O) groups excluding carboxylic acids is 1. The minimum absolute atomic E-state index is 0. The summed E-state index contributed by atoms with van der Waals surface area (Å²) in [5, 5.41) is 0. The van der Waals surface area contributed by atoms with E-state index in [2.05, 4.69) is 6.08 Å². The van der Waals surface area contributed by atoms with Crippen molar-refractivity contribution in [2.75, 3.05) is 13.7 Å². The number of methoxy groups -OCH3 is 1. The van der Waals surface area contributed by atoms with Crippen molar-refractivity contribution in [3.63, 3.8) is 0 Å². The molecule has 1 radical (unpaired) electrons. The number of benzene rings is 1. The fourth-order valence-electron chi connectivity index (χ4n) is 2.02. The first-order chi connectivity index (χ1) is 9.93. The predicted molar refractivity (Wildman–Crippen MR) is 79.7 cm³/mol. The molecule has 1 unspecified atom stereocenters. The Hall–Kier alpha value is -0.146. The third-order valence-corrected chi connectivity index (χ3v) is 3.98. The van der Waals surface area contributed by atoms with Gasteiger partial charge in [-0.15, -0.1) is 17.3 Å². The molecule has 22 heavy (non-hydrogen) atoms. The maximum atomic E-state index is 14.1. The van der Waals surface area contributed by atoms with E-state index in [1.807, 2.05) is 22.6 Å². The van der Waals surface area contributed by atoms with Gasteiger partial charge in [0.2, 0.25) is 5.91 Å². The van der Waals surface area contributed by atoms with Gasteiger partial charge in [-0.25, -0.2) is 19.2 Å². The van der Waals surface area contributed by atoms with E-state index in [0.29, 0.717) is 5.75 Å². The summed E-state index contributed by atoms with van der Waals surface area (Å²) in [6.45, 7) is -0.772. The van der Waals surface area contributed by atoms with Crippen molar-refractivity contribution < 1.29 is 55.4 Å². The van der Waals surface area contributed by atoms with Gasteiger partial charge in [-0.2, -0.15) is 0 Å². The molecule has 0 fully saturated rings. The number of allylic oxidation sites excluding steroid dienone is 1. The summed E-state index contributed by atoms with van der Waals surface area (Å²) >= 11 is 1.87. The van der Waals surface area contributed by atoms with Crippen molar-refractivity contribution in [3.05, 3.63) is 35.7 Å². The molecule has 1 amide bonds. The van der Waals surface area contributed by atoms with Gasteiger partial charge in [-0.3, -0.25) is 4.79 Å². The van der Waals surface area contributed by atoms with Gasteiger partial charge >= 0.3 is 0 Å². The second-order valence-corrected chi connectivity index (χ2v) is 5.89. The van der Waals surface area contributed by atoms with Gasteiger partial charge in [0.1, 0.15) is 5.75 Å². The topological polar surface area (TPSA) is 29.5 Å². The molecular weight excluding hydrogens is 487 g/mol. The van der Waals surface area contributed by atoms with E-state index >= 15 is 0 Å². The number of amides is 1. The van der Waals surface area contributed by atoms with E-state index in [9.17, 15) is 18.0 Å². The first kappa shape index (κ1) is 19.9. The van der Waals surface area contributed by atoms with Crippen LogP contribution in [0.25, 0.3) is 5.70 Å². The Morgan fingerprint density at radius 3 is 2.73 bits per heavy atom. The average molecular weight is 499 g/mol. The summed E-state index contributed by atoms with van der Waals surface area (Å²) in [7, 11) is 1.40. The number of alkyl halides is 3. The van der Waals surface area contributed by atoms with Crippen LogP contribution in [-0.2, 0) is 37.5 Å². The molecule has 0 aromatic heterocycles. The molecule has 0 N–H and O–H groups in total. The Morgan fingerprint density at radius 2 is 2.18 bits per heavy atom. The van der Waals surface area contributed by atoms with Gasteiger partial charge in [-0.1, -0.05) is 29.0 Å². The van der Waals surface area contributed by atoms with E-state index in [-0.39, 0.29) is 50.4 Å². The molecule has 0 aliphatic carbocycles. The van der Waals surface area contributed by atoms with Crippen LogP contribution in [0.15, 0.2) is 18.2 Å². The SMILES string of the molecule is COc1ccc(C2=[C-]CC(I)C(=O)N2CC(F)F)c(F)c1.[Y]. The molecule has 1 aromatic rings. The van der Waals surface area contributed by atoms with E-state index in [4.69, 9.17) is 4.74 Å². The second-order valence-electron chi connectivity index (χ2n) is 4.38. The standard InChI is InChI=1S/C14H12F3INO2.Y/c1-21-8-2-3-9(10(15)6-8)12-5-4-11(18)14(20)19(12)7-13(16)17;/h2-3,6,11,13H,4,7H2,1H3;/q-1;. The summed E-state index contributed by atoms with van der Waals surface area (Å²) < 4.78 is 43.9. The van der Waals surface area contributed by atoms with Crippen LogP contribution in [0.4, 0.5) is 13.2 Å². The minimum Gasteiger partial charge on any atom is -0.497 e. The third-order valence-electron chi connectivity index (χ3n) is 3.00. The van der Waals surface area contributed by atoms with Crippen LogP contribution in [0.5, 0.6) is 5.75 Å². The van der Waals surface area contributed by atoms with Gasteiger partial charge in [0.05, 0.1) is 23.4 Å². The smallest absolute Gasteiger partial charge is 0.256 e. The Kier molecular flexibility index (Phi) is 7.81. The Morgan fingerprint density at radius 1 is 1.50 bits per heavy atom. The average Bonchev–Trinajstić information content (AvgIpc) is 2.44. The van der Waals surface area contributed by atoms with Crippen LogP contribution in [0.2, 0.25) is 0 Å². The Labute approximate surface area is 165 Å². The number of nitrogens with zero attached hydrogens (tertiary/aromatic N) is 1. The van der Waals surface area contributed by atoms with Crippen molar-refractivity contribution in [2.45, 2.75) is 16.8 Å². The molecule has 3 nitrogen and oxygen atoms in total. The van der Waals surface area contributed by atoms with Crippen LogP contribution in [0, 0.1) is 11.9 Å². The molecule has 1 heterocycles. The Bertz CT molecular complexity index is 583. The van der Waals surface area contributed by atoms with Crippen LogP contribution in [0.3, 0.4) is 0 Å². The van der Waals surface area contributed by atoms with E-state index in [0.717, 1.165) is 11.0 Å². The van der Waals surface area contributed by atoms with Crippen molar-refractivity contribution in [3.8, 4) is 5.75 Å². The van der Waals surface area contributed by atoms with E-state index in [1.54, 1.807) is 0 Å². The normalized spacial score (nSPS) is 18.1. The maximum Gasteiger partial charge on any atom is 0.256 e. The first-order valence-corrected chi connectivity index (χ1v) is 7.37. The van der Waals surface area contributed by atoms with Crippen molar-refractivity contribution in [2.24, 2.45) is 0 Å². The van der Waals surface area contributed by atoms with Crippen molar-refractivity contribution >= 4 is 34.2 Å². The molecule has 2 rings (SSSR count). The molecule has 8 heteroatoms. The third kappa shape index (κ3) is 4.44. The summed E-state index contributed by atoms with van der Waals surface area (Å²) in [6.07, 6.45) is 0.413. The van der Waals surface area contributed by atoms with Gasteiger partial charge in [0.15, 0.2) is 0 Å². The molecule has 1 aromatic carbocycles. The van der Waals surface area contributed by atoms with Crippen molar-refractivity contribution in [1.29, 1.82) is 0 Å². The zero-order chi connectivity index (χ0) is 15.6. The number of hydrogen-bond acceptors (Lipinski definition) is 2. The number of halogens is 4. The molecular formula is C14H12F3INO2Y-. The molecule has 1 aliphatic rings. The Balaban J connectivity index is 0.00000242. The summed E-state index contributed by atoms with van der Waals surface area (Å²) in [6, 6.07) is 4.05. The fraction of sp³-hybridized carbons (Fsp3) is 0.357. The van der Waals surface area contributed by atoms with Gasteiger partial charge in [0.25, 0.3) is 6.43 Å². The predicted octanol–water partition coefficient (Wildman–Crippen LogP) is 3.28. The van der Waals surface area contributed by atoms with Gasteiger partial charge < -0.3 is 9.64 Å². The molecule has 117 valence electrons. The molecule has 0 bridgehead atoms. The first-order valence-electron chi connectivity index (χ1n) is 6.12. The van der Waals surface area contributed by atoms with Crippen molar-refractivity contribution in [1.82, 2.24) is 4.90 Å². The molecule has 0 saturated heterocycles. The molecule has 0 spiro atoms. The molecule has 1 atom stereocenters. The van der Waals surface area contributed by atoms with Crippen LogP contribution < -0.4 is 4.74 Å². The summed E-state index contributed by atoms with van der Waals surface area (Å²) in [5.74, 6) is -0.790. The van der Waals surface area contributed by atoms with E-state index in [1.165, 1.54) is 19.2 Å². The summed E-state index contributed by atoms with van der Waals surface area (Å²) in [4.78, 5) is 13.0. The monoisotopic (exact) mass is 499 g/mol. The van der Waals surface area contributed by atoms with Gasteiger partial charge in [-0.05, 0) is 12.1 Å². The zero-order valence-corrected chi connectivity index (χ0v) is 16.6. The van der Waals surface area contributed by atoms with Crippen LogP contribution in [-0.4, -0.2) is 34.8 Å². The number of hydrogen-bond donors (Lipinski definition) is 0. The second kappa shape index (κ2) is 8.63. The molecule has 0 saturated carbocycles. The number of ether oxygens (including phenoxy) is 1. The minimum atomic E-state index is -2.70. The quantitative estimate of drug-likeness (QED) is 0.362. The summed E-state index contributed by atoms with van der Waals surface area (Å²) in [5.41, 5.74) is 0.126. The zero-order valence-electron chi connectivity index (χ0n) is 11.7. The van der Waals surface area contributed by atoms with Crippen LogP contribution >= 0.6 is 22.6 Å². The fourth-order valence-corrected chi connectivity index (χ4v) is 2.58. The van der Waals surface area contributed by atoms with E-state index < -0.39 is 28.6 Å². The largest absolute Gasteiger partial charge is 0.497 e. The van der Waals surface area contributed by atoms with Gasteiger partial charge in [0, 0.05) is 32.7 Å².